The monoisotopic (exact) mass is 466 g/mol. The second kappa shape index (κ2) is 8.45. The first-order valence-corrected chi connectivity index (χ1v) is 12.1. The summed E-state index contributed by atoms with van der Waals surface area (Å²) >= 11 is 0. The predicted molar refractivity (Wildman–Crippen MR) is 120 cm³/mol. The molecule has 5 rings (SSSR count). The maximum atomic E-state index is 13.5. The minimum absolute atomic E-state index is 0.175. The van der Waals surface area contributed by atoms with Gasteiger partial charge in [-0.15, -0.1) is 0 Å². The van der Waals surface area contributed by atoms with Crippen molar-refractivity contribution < 1.29 is 22.2 Å². The SMILES string of the molecule is Cc1noc2nc(-c3ccco3)cc(C(=O)N3CCC(NS(=O)(=O)c4ccccc4)CC3)c12. The zero-order valence-electron chi connectivity index (χ0n) is 17.9. The number of furan rings is 1. The molecule has 0 radical (unpaired) electrons. The number of pyridine rings is 1. The lowest BCUT2D eigenvalue weighted by molar-refractivity contribution is 0.0713. The van der Waals surface area contributed by atoms with E-state index < -0.39 is 10.0 Å². The Morgan fingerprint density at radius 2 is 1.88 bits per heavy atom. The number of aromatic nitrogens is 2. The van der Waals surface area contributed by atoms with E-state index in [-0.39, 0.29) is 22.6 Å². The molecule has 4 heterocycles. The molecule has 1 N–H and O–H groups in total. The summed E-state index contributed by atoms with van der Waals surface area (Å²) in [4.78, 5) is 19.9. The fourth-order valence-corrected chi connectivity index (χ4v) is 5.40. The summed E-state index contributed by atoms with van der Waals surface area (Å²) in [5.41, 5.74) is 1.78. The molecule has 9 nitrogen and oxygen atoms in total. The zero-order valence-corrected chi connectivity index (χ0v) is 18.7. The Bertz CT molecular complexity index is 1390. The Hall–Kier alpha value is -3.50. The molecule has 3 aromatic heterocycles. The van der Waals surface area contributed by atoms with Crippen LogP contribution in [-0.4, -0.2) is 48.5 Å². The summed E-state index contributed by atoms with van der Waals surface area (Å²) in [5, 5.41) is 4.54. The molecule has 4 aromatic rings. The number of hydrogen-bond donors (Lipinski definition) is 1. The van der Waals surface area contributed by atoms with E-state index in [4.69, 9.17) is 8.94 Å². The number of piperidine rings is 1. The van der Waals surface area contributed by atoms with Gasteiger partial charge in [-0.1, -0.05) is 23.4 Å². The third-order valence-electron chi connectivity index (χ3n) is 5.78. The van der Waals surface area contributed by atoms with Crippen LogP contribution in [0.15, 0.2) is 68.6 Å². The van der Waals surface area contributed by atoms with Crippen LogP contribution in [-0.2, 0) is 10.0 Å². The number of carbonyl (C=O) groups is 1. The van der Waals surface area contributed by atoms with Gasteiger partial charge < -0.3 is 13.8 Å². The maximum Gasteiger partial charge on any atom is 0.259 e. The second-order valence-corrected chi connectivity index (χ2v) is 9.70. The molecule has 0 spiro atoms. The molecule has 170 valence electrons. The Morgan fingerprint density at radius 1 is 1.12 bits per heavy atom. The van der Waals surface area contributed by atoms with Gasteiger partial charge in [-0.3, -0.25) is 4.79 Å². The van der Waals surface area contributed by atoms with Crippen molar-refractivity contribution in [2.45, 2.75) is 30.7 Å². The van der Waals surface area contributed by atoms with Crippen molar-refractivity contribution in [2.24, 2.45) is 0 Å². The molecule has 10 heteroatoms. The van der Waals surface area contributed by atoms with Crippen molar-refractivity contribution in [1.82, 2.24) is 19.8 Å². The van der Waals surface area contributed by atoms with Gasteiger partial charge in [-0.05, 0) is 50.1 Å². The Balaban J connectivity index is 1.35. The molecular weight excluding hydrogens is 444 g/mol. The zero-order chi connectivity index (χ0) is 23.0. The number of rotatable bonds is 5. The summed E-state index contributed by atoms with van der Waals surface area (Å²) in [6.07, 6.45) is 2.56. The van der Waals surface area contributed by atoms with E-state index in [1.54, 1.807) is 60.4 Å². The first-order valence-electron chi connectivity index (χ1n) is 10.6. The van der Waals surface area contributed by atoms with Gasteiger partial charge in [0.15, 0.2) is 5.76 Å². The highest BCUT2D eigenvalue weighted by molar-refractivity contribution is 7.89. The standard InChI is InChI=1S/C23H22N4O5S/c1-15-21-18(14-19(20-8-5-13-31-20)24-22(21)32-25-15)23(28)27-11-9-16(10-12-27)26-33(29,30)17-6-3-2-4-7-17/h2-8,13-14,16,26H,9-12H2,1H3. The van der Waals surface area contributed by atoms with E-state index in [9.17, 15) is 13.2 Å². The number of nitrogens with one attached hydrogen (secondary N) is 1. The predicted octanol–water partition coefficient (Wildman–Crippen LogP) is 3.37. The van der Waals surface area contributed by atoms with Crippen LogP contribution < -0.4 is 4.72 Å². The number of amides is 1. The smallest absolute Gasteiger partial charge is 0.259 e. The van der Waals surface area contributed by atoms with E-state index in [0.29, 0.717) is 54.0 Å². The third-order valence-corrected chi connectivity index (χ3v) is 7.32. The Labute approximate surface area is 190 Å². The summed E-state index contributed by atoms with van der Waals surface area (Å²) < 4.78 is 38.8. The van der Waals surface area contributed by atoms with Crippen LogP contribution in [0.1, 0.15) is 28.9 Å². The number of hydrogen-bond acceptors (Lipinski definition) is 7. The lowest BCUT2D eigenvalue weighted by Crippen LogP contribution is -2.46. The average Bonchev–Trinajstić information content (AvgIpc) is 3.49. The first-order chi connectivity index (χ1) is 15.9. The highest BCUT2D eigenvalue weighted by Gasteiger charge is 2.29. The number of benzene rings is 1. The first kappa shape index (κ1) is 21.4. The average molecular weight is 467 g/mol. The summed E-state index contributed by atoms with van der Waals surface area (Å²) in [5.74, 6) is 0.347. The third kappa shape index (κ3) is 4.14. The van der Waals surface area contributed by atoms with Gasteiger partial charge in [0.25, 0.3) is 11.6 Å². The molecule has 1 fully saturated rings. The van der Waals surface area contributed by atoms with Crippen LogP contribution in [0.2, 0.25) is 0 Å². The number of likely N-dealkylation sites (tertiary alicyclic amines) is 1. The fourth-order valence-electron chi connectivity index (χ4n) is 4.07. The number of nitrogens with zero attached hydrogens (tertiary/aromatic N) is 3. The maximum absolute atomic E-state index is 13.5. The van der Waals surface area contributed by atoms with Gasteiger partial charge in [-0.25, -0.2) is 18.1 Å². The normalized spacial score (nSPS) is 15.2. The van der Waals surface area contributed by atoms with Crippen LogP contribution >= 0.6 is 0 Å². The van der Waals surface area contributed by atoms with Crippen molar-refractivity contribution >= 4 is 27.0 Å². The van der Waals surface area contributed by atoms with Crippen LogP contribution in [0.4, 0.5) is 0 Å². The summed E-state index contributed by atoms with van der Waals surface area (Å²) in [7, 11) is -3.60. The van der Waals surface area contributed by atoms with E-state index in [1.165, 1.54) is 6.26 Å². The van der Waals surface area contributed by atoms with E-state index in [0.717, 1.165) is 0 Å². The molecular formula is C23H22N4O5S. The number of fused-ring (bicyclic) bond motifs is 1. The summed E-state index contributed by atoms with van der Waals surface area (Å²) in [6, 6.07) is 13.2. The highest BCUT2D eigenvalue weighted by Crippen LogP contribution is 2.29. The minimum Gasteiger partial charge on any atom is -0.463 e. The van der Waals surface area contributed by atoms with Gasteiger partial charge in [0.1, 0.15) is 5.69 Å². The molecule has 0 aliphatic carbocycles. The van der Waals surface area contributed by atoms with Gasteiger partial charge in [-0.2, -0.15) is 0 Å². The second-order valence-electron chi connectivity index (χ2n) is 7.98. The van der Waals surface area contributed by atoms with E-state index >= 15 is 0 Å². The number of carbonyl (C=O) groups excluding carboxylic acids is 1. The van der Waals surface area contributed by atoms with Crippen LogP contribution in [0.5, 0.6) is 0 Å². The lowest BCUT2D eigenvalue weighted by Gasteiger charge is -2.32. The molecule has 0 bridgehead atoms. The molecule has 1 aliphatic rings. The fraction of sp³-hybridized carbons (Fsp3) is 0.261. The van der Waals surface area contributed by atoms with Crippen molar-refractivity contribution in [3.05, 3.63) is 66.1 Å². The molecule has 33 heavy (non-hydrogen) atoms. The van der Waals surface area contributed by atoms with Crippen molar-refractivity contribution in [1.29, 1.82) is 0 Å². The summed E-state index contributed by atoms with van der Waals surface area (Å²) in [6.45, 7) is 2.61. The van der Waals surface area contributed by atoms with Gasteiger partial charge in [0.2, 0.25) is 10.0 Å². The number of aryl methyl sites for hydroxylation is 1. The van der Waals surface area contributed by atoms with Crippen molar-refractivity contribution in [3.8, 4) is 11.5 Å². The van der Waals surface area contributed by atoms with Gasteiger partial charge >= 0.3 is 0 Å². The largest absolute Gasteiger partial charge is 0.463 e. The molecule has 0 saturated carbocycles. The molecule has 1 saturated heterocycles. The highest BCUT2D eigenvalue weighted by atomic mass is 32.2. The van der Waals surface area contributed by atoms with Gasteiger partial charge in [0, 0.05) is 19.1 Å². The van der Waals surface area contributed by atoms with E-state index in [2.05, 4.69) is 14.9 Å². The Morgan fingerprint density at radius 3 is 2.58 bits per heavy atom. The van der Waals surface area contributed by atoms with Crippen LogP contribution in [0.3, 0.4) is 0 Å². The molecule has 1 amide bonds. The van der Waals surface area contributed by atoms with Gasteiger partial charge in [0.05, 0.1) is 27.8 Å². The van der Waals surface area contributed by atoms with Crippen molar-refractivity contribution in [2.75, 3.05) is 13.1 Å². The minimum atomic E-state index is -3.60. The number of sulfonamides is 1. The topological polar surface area (TPSA) is 119 Å². The lowest BCUT2D eigenvalue weighted by atomic mass is 10.0. The van der Waals surface area contributed by atoms with Crippen LogP contribution in [0, 0.1) is 6.92 Å². The quantitative estimate of drug-likeness (QED) is 0.479. The molecule has 0 unspecified atom stereocenters. The molecule has 1 aromatic carbocycles. The van der Waals surface area contributed by atoms with Crippen molar-refractivity contribution in [3.63, 3.8) is 0 Å². The Kier molecular flexibility index (Phi) is 5.47. The van der Waals surface area contributed by atoms with E-state index in [1.807, 2.05) is 0 Å². The molecule has 1 aliphatic heterocycles. The molecule has 0 atom stereocenters. The van der Waals surface area contributed by atoms with Crippen LogP contribution in [0.25, 0.3) is 22.6 Å².